The maximum absolute atomic E-state index is 15.1. The maximum atomic E-state index is 15.1. The van der Waals surface area contributed by atoms with Crippen molar-refractivity contribution in [2.24, 2.45) is 0 Å². The lowest BCUT2D eigenvalue weighted by molar-refractivity contribution is -0.111. The molecule has 3 aromatic rings. The Balaban J connectivity index is 1.92. The highest BCUT2D eigenvalue weighted by molar-refractivity contribution is 14.1. The van der Waals surface area contributed by atoms with Gasteiger partial charge in [0.05, 0.1) is 7.11 Å². The summed E-state index contributed by atoms with van der Waals surface area (Å²) in [4.78, 5) is 11.0. The molecule has 3 rings (SSSR count). The Morgan fingerprint density at radius 3 is 2.48 bits per heavy atom. The van der Waals surface area contributed by atoms with Gasteiger partial charge in [0.25, 0.3) is 0 Å². The Labute approximate surface area is 189 Å². The van der Waals surface area contributed by atoms with Gasteiger partial charge < -0.3 is 14.8 Å². The molecule has 162 valence electrons. The molecule has 0 fully saturated rings. The maximum Gasteiger partial charge on any atom is 0.229 e. The Bertz CT molecular complexity index is 1120. The lowest BCUT2D eigenvalue weighted by Crippen LogP contribution is -2.10. The van der Waals surface area contributed by atoms with Gasteiger partial charge in [-0.3, -0.25) is 4.79 Å². The van der Waals surface area contributed by atoms with E-state index >= 15 is 4.39 Å². The van der Waals surface area contributed by atoms with Crippen molar-refractivity contribution >= 4 is 32.1 Å². The fourth-order valence-corrected chi connectivity index (χ4v) is 3.05. The van der Waals surface area contributed by atoms with E-state index in [0.717, 1.165) is 12.1 Å². The van der Waals surface area contributed by atoms with Gasteiger partial charge in [0.1, 0.15) is 28.9 Å². The molecule has 31 heavy (non-hydrogen) atoms. The van der Waals surface area contributed by atoms with Crippen LogP contribution in [0, 0.1) is 23.3 Å². The number of hydrogen-bond acceptors (Lipinski definition) is 4. The van der Waals surface area contributed by atoms with Gasteiger partial charge in [-0.05, 0) is 42.0 Å². The predicted octanol–water partition coefficient (Wildman–Crippen LogP) is 5.87. The highest BCUT2D eigenvalue weighted by Gasteiger charge is 2.18. The molecule has 0 aliphatic rings. The zero-order valence-electron chi connectivity index (χ0n) is 16.1. The predicted molar refractivity (Wildman–Crippen MR) is 117 cm³/mol. The average molecular weight is 545 g/mol. The molecular formula is C22H16F4INO3. The van der Waals surface area contributed by atoms with E-state index in [2.05, 4.69) is 5.32 Å². The summed E-state index contributed by atoms with van der Waals surface area (Å²) in [6.07, 6.45) is 0. The lowest BCUT2D eigenvalue weighted by atomic mass is 10.0. The number of carbonyl (C=O) groups excluding carboxylic acids is 1. The average Bonchev–Trinajstić information content (AvgIpc) is 2.74. The number of nitrogens with one attached hydrogen (secondary N) is 1. The summed E-state index contributed by atoms with van der Waals surface area (Å²) in [6, 6.07) is 10.2. The molecule has 0 saturated heterocycles. The highest BCUT2D eigenvalue weighted by atomic mass is 127. The van der Waals surface area contributed by atoms with Gasteiger partial charge in [-0.15, -0.1) is 0 Å². The minimum atomic E-state index is -1.05. The first-order chi connectivity index (χ1) is 14.8. The van der Waals surface area contributed by atoms with Crippen LogP contribution in [0.2, 0.25) is 0 Å². The van der Waals surface area contributed by atoms with Gasteiger partial charge >= 0.3 is 0 Å². The molecule has 0 bridgehead atoms. The van der Waals surface area contributed by atoms with Crippen molar-refractivity contribution in [1.29, 1.82) is 0 Å². The third-order valence-corrected chi connectivity index (χ3v) is 4.66. The van der Waals surface area contributed by atoms with E-state index in [4.69, 9.17) is 9.47 Å². The topological polar surface area (TPSA) is 47.6 Å². The summed E-state index contributed by atoms with van der Waals surface area (Å²) >= 11 is 1.49. The van der Waals surface area contributed by atoms with Crippen molar-refractivity contribution in [2.45, 2.75) is 6.54 Å². The first-order valence-corrected chi connectivity index (χ1v) is 10.0. The van der Waals surface area contributed by atoms with E-state index in [1.165, 1.54) is 66.1 Å². The van der Waals surface area contributed by atoms with E-state index in [1.807, 2.05) is 0 Å². The second kappa shape index (κ2) is 9.99. The van der Waals surface area contributed by atoms with E-state index in [0.29, 0.717) is 0 Å². The zero-order valence-corrected chi connectivity index (χ0v) is 18.3. The standard InChI is InChI=1S/C22H16F4INO3/c1-30-15-8-13(20(25)16(9-15)12-3-2-4-14(23)7-12)10-28-22-17(24)5-6-18(21(22)26)31-11-19(27)29/h2-9,28H,10-11H2,1H3. The van der Waals surface area contributed by atoms with Gasteiger partial charge in [0.2, 0.25) is 3.79 Å². The zero-order chi connectivity index (χ0) is 22.5. The second-order valence-electron chi connectivity index (χ2n) is 6.39. The van der Waals surface area contributed by atoms with Crippen LogP contribution in [0.5, 0.6) is 11.5 Å². The molecule has 3 aromatic carbocycles. The summed E-state index contributed by atoms with van der Waals surface area (Å²) in [5.74, 6) is -3.23. The smallest absolute Gasteiger partial charge is 0.229 e. The minimum absolute atomic E-state index is 0.0474. The summed E-state index contributed by atoms with van der Waals surface area (Å²) in [5.41, 5.74) is -0.123. The van der Waals surface area contributed by atoms with Gasteiger partial charge in [0, 0.05) is 40.3 Å². The molecule has 0 unspecified atom stereocenters. The highest BCUT2D eigenvalue weighted by Crippen LogP contribution is 2.32. The molecule has 0 aliphatic carbocycles. The molecule has 0 aromatic heterocycles. The first kappa shape index (κ1) is 22.9. The summed E-state index contributed by atoms with van der Waals surface area (Å²) in [5, 5.41) is 2.52. The van der Waals surface area contributed by atoms with E-state index in [-0.39, 0.29) is 45.1 Å². The normalized spacial score (nSPS) is 10.6. The molecule has 0 heterocycles. The molecular weight excluding hydrogens is 529 g/mol. The minimum Gasteiger partial charge on any atom is -0.497 e. The number of rotatable bonds is 8. The van der Waals surface area contributed by atoms with Crippen LogP contribution in [-0.2, 0) is 11.3 Å². The molecule has 0 aliphatic heterocycles. The van der Waals surface area contributed by atoms with Gasteiger partial charge in [-0.25, -0.2) is 17.6 Å². The molecule has 0 spiro atoms. The van der Waals surface area contributed by atoms with E-state index in [1.54, 1.807) is 0 Å². The Morgan fingerprint density at radius 1 is 1.03 bits per heavy atom. The van der Waals surface area contributed by atoms with Crippen LogP contribution >= 0.6 is 22.6 Å². The Kier molecular flexibility index (Phi) is 7.37. The van der Waals surface area contributed by atoms with Crippen molar-refractivity contribution < 1.29 is 31.8 Å². The summed E-state index contributed by atoms with van der Waals surface area (Å²) in [6.45, 7) is -0.683. The van der Waals surface area contributed by atoms with E-state index < -0.39 is 29.0 Å². The molecule has 9 heteroatoms. The number of halogens is 5. The molecule has 1 N–H and O–H groups in total. The van der Waals surface area contributed by atoms with Crippen LogP contribution in [0.4, 0.5) is 23.2 Å². The molecule has 0 radical (unpaired) electrons. The number of benzene rings is 3. The third kappa shape index (κ3) is 5.46. The van der Waals surface area contributed by atoms with Gasteiger partial charge in [-0.2, -0.15) is 0 Å². The Morgan fingerprint density at radius 2 is 1.81 bits per heavy atom. The monoisotopic (exact) mass is 545 g/mol. The van der Waals surface area contributed by atoms with Gasteiger partial charge in [-0.1, -0.05) is 12.1 Å². The third-order valence-electron chi connectivity index (χ3n) is 4.35. The summed E-state index contributed by atoms with van der Waals surface area (Å²) in [7, 11) is 1.38. The summed E-state index contributed by atoms with van der Waals surface area (Å²) < 4.78 is 67.4. The van der Waals surface area contributed by atoms with Crippen molar-refractivity contribution in [2.75, 3.05) is 19.0 Å². The number of methoxy groups -OCH3 is 1. The fourth-order valence-electron chi connectivity index (χ4n) is 2.89. The van der Waals surface area contributed by atoms with Crippen molar-refractivity contribution in [3.8, 4) is 22.6 Å². The lowest BCUT2D eigenvalue weighted by Gasteiger charge is -2.15. The van der Waals surface area contributed by atoms with Crippen molar-refractivity contribution in [1.82, 2.24) is 0 Å². The fraction of sp³-hybridized carbons (Fsp3) is 0.136. The molecule has 0 amide bonds. The SMILES string of the molecule is COc1cc(CNc2c(F)ccc(OCC(=O)I)c2F)c(F)c(-c2cccc(F)c2)c1. The van der Waals surface area contributed by atoms with E-state index in [9.17, 15) is 18.0 Å². The van der Waals surface area contributed by atoms with Gasteiger partial charge in [0.15, 0.2) is 18.2 Å². The van der Waals surface area contributed by atoms with Crippen LogP contribution in [0.1, 0.15) is 5.56 Å². The molecule has 0 atom stereocenters. The number of hydrogen-bond donors (Lipinski definition) is 1. The van der Waals surface area contributed by atoms with Crippen LogP contribution in [0.25, 0.3) is 11.1 Å². The quantitative estimate of drug-likeness (QED) is 0.219. The van der Waals surface area contributed by atoms with Crippen molar-refractivity contribution in [3.63, 3.8) is 0 Å². The van der Waals surface area contributed by atoms with Crippen LogP contribution < -0.4 is 14.8 Å². The van der Waals surface area contributed by atoms with Crippen LogP contribution in [-0.4, -0.2) is 17.5 Å². The molecule has 4 nitrogen and oxygen atoms in total. The largest absolute Gasteiger partial charge is 0.497 e. The van der Waals surface area contributed by atoms with Crippen molar-refractivity contribution in [3.05, 3.63) is 77.4 Å². The first-order valence-electron chi connectivity index (χ1n) is 8.95. The number of anilines is 1. The number of ether oxygens (including phenoxy) is 2. The van der Waals surface area contributed by atoms with Crippen LogP contribution in [0.3, 0.4) is 0 Å². The number of carbonyl (C=O) groups is 1. The molecule has 0 saturated carbocycles. The second-order valence-corrected chi connectivity index (χ2v) is 7.59. The van der Waals surface area contributed by atoms with Crippen LogP contribution in [0.15, 0.2) is 48.5 Å². The Hall–Kier alpha value is -2.82.